The first-order valence-electron chi connectivity index (χ1n) is 14.2. The van der Waals surface area contributed by atoms with Crippen LogP contribution in [0, 0.1) is 0 Å². The third-order valence-corrected chi connectivity index (χ3v) is 26.8. The average molecular weight is 687 g/mol. The minimum absolute atomic E-state index is 0. The zero-order valence-corrected chi connectivity index (χ0v) is 29.7. The van der Waals surface area contributed by atoms with Crippen LogP contribution in [0.1, 0.15) is 42.2 Å². The van der Waals surface area contributed by atoms with Crippen LogP contribution in [0.3, 0.4) is 0 Å². The van der Waals surface area contributed by atoms with Gasteiger partial charge >= 0.3 is 241 Å². The van der Waals surface area contributed by atoms with E-state index in [9.17, 15) is 0 Å². The van der Waals surface area contributed by atoms with E-state index >= 15 is 0 Å². The third-order valence-electron chi connectivity index (χ3n) is 9.21. The summed E-state index contributed by atoms with van der Waals surface area (Å²) in [5, 5.41) is 0. The standard InChI is InChI=1S/C19H13O.C16H13.2CH3.2ClH.H2Si.Zr/c1-2-6-14(7-3-1)17-9-4-8-15-12-16(13-18(15)17)19-10-5-11-20-19;1-12-10-14-8-5-9-15(16(14)11-12)13-6-3-2-4-7-13;;;;;;/h1-13H;2-11H,1H3;2*1H3;2*1H;1H2;. The number of allylic oxidation sites excluding steroid dienone is 2. The van der Waals surface area contributed by atoms with Gasteiger partial charge in [-0.1, -0.05) is 0 Å². The second-order valence-corrected chi connectivity index (χ2v) is 43.1. The summed E-state index contributed by atoms with van der Waals surface area (Å²) in [6, 6.07) is 39.8. The fourth-order valence-electron chi connectivity index (χ4n) is 7.80. The van der Waals surface area contributed by atoms with Crippen LogP contribution in [0.4, 0.5) is 0 Å². The second kappa shape index (κ2) is 11.4. The van der Waals surface area contributed by atoms with E-state index in [-0.39, 0.29) is 24.8 Å². The number of rotatable bonds is 5. The smallest absolute Gasteiger partial charge is 0.147 e. The van der Waals surface area contributed by atoms with Gasteiger partial charge in [0.25, 0.3) is 0 Å². The molecule has 0 saturated carbocycles. The monoisotopic (exact) mass is 684 g/mol. The summed E-state index contributed by atoms with van der Waals surface area (Å²) in [7, 11) is 0. The zero-order valence-electron chi connectivity index (χ0n) is 24.2. The van der Waals surface area contributed by atoms with Crippen molar-refractivity contribution in [3.8, 4) is 22.3 Å². The summed E-state index contributed by atoms with van der Waals surface area (Å²) in [5.74, 6) is 1.01. The molecule has 2 aliphatic carbocycles. The first kappa shape index (κ1) is 30.8. The van der Waals surface area contributed by atoms with Crippen molar-refractivity contribution >= 4 is 49.4 Å². The van der Waals surface area contributed by atoms with Gasteiger partial charge in [-0.2, -0.15) is 0 Å². The van der Waals surface area contributed by atoms with Gasteiger partial charge < -0.3 is 0 Å². The number of hydrogen-bond donors (Lipinski definition) is 0. The number of halogens is 2. The Labute approximate surface area is 264 Å². The molecule has 2 unspecified atom stereocenters. The number of hydrogen-bond acceptors (Lipinski definition) is 1. The molecule has 7 rings (SSSR count). The Morgan fingerprint density at radius 3 is 1.64 bits per heavy atom. The van der Waals surface area contributed by atoms with Crippen molar-refractivity contribution in [3.63, 3.8) is 0 Å². The SMILES string of the molecule is CC1=Cc2c(-c3ccccc3)cccc2[CH]1[Zr]([CH3])([CH3])(=[SiH2])[CH]1C(c2ccco2)=Cc2c(-c3ccccc3)cccc21.Cl.Cl. The number of benzene rings is 4. The summed E-state index contributed by atoms with van der Waals surface area (Å²) >= 11 is -3.75. The van der Waals surface area contributed by atoms with Crippen LogP contribution < -0.4 is 0 Å². The molecule has 0 N–H and O–H groups in total. The van der Waals surface area contributed by atoms with Gasteiger partial charge in [0, 0.05) is 0 Å². The third kappa shape index (κ3) is 4.89. The van der Waals surface area contributed by atoms with Crippen molar-refractivity contribution in [2.75, 3.05) is 0 Å². The van der Waals surface area contributed by atoms with Crippen molar-refractivity contribution in [3.05, 3.63) is 149 Å². The Hall–Kier alpha value is -2.68. The quantitative estimate of drug-likeness (QED) is 0.168. The molecule has 0 radical (unpaired) electrons. The first-order valence-corrected chi connectivity index (χ1v) is 27.9. The maximum atomic E-state index is 6.15. The second-order valence-electron chi connectivity index (χ2n) is 12.6. The van der Waals surface area contributed by atoms with Gasteiger partial charge in [-0.3, -0.25) is 0 Å². The Bertz CT molecular complexity index is 1880. The molecule has 0 aliphatic heterocycles. The van der Waals surface area contributed by atoms with E-state index in [1.165, 1.54) is 55.7 Å². The Morgan fingerprint density at radius 2 is 1.12 bits per heavy atom. The molecular formula is C37H36Cl2OSiZr. The molecule has 2 atom stereocenters. The minimum Gasteiger partial charge on any atom is -0.147 e. The van der Waals surface area contributed by atoms with Crippen LogP contribution in [-0.4, -0.2) is 6.88 Å². The maximum Gasteiger partial charge on any atom is -0.147 e. The molecule has 1 heterocycles. The van der Waals surface area contributed by atoms with Gasteiger partial charge in [-0.05, 0) is 0 Å². The van der Waals surface area contributed by atoms with E-state index in [1.807, 2.05) is 12.3 Å². The van der Waals surface area contributed by atoms with Crippen LogP contribution in [-0.2, 0) is 17.4 Å². The zero-order chi connectivity index (χ0) is 27.5. The van der Waals surface area contributed by atoms with E-state index < -0.39 is 17.4 Å². The van der Waals surface area contributed by atoms with Crippen LogP contribution in [0.2, 0.25) is 9.26 Å². The van der Waals surface area contributed by atoms with E-state index in [2.05, 4.69) is 138 Å². The van der Waals surface area contributed by atoms with Gasteiger partial charge in [0.05, 0.1) is 0 Å². The summed E-state index contributed by atoms with van der Waals surface area (Å²) in [5.41, 5.74) is 13.8. The van der Waals surface area contributed by atoms with Crippen LogP contribution in [0.5, 0.6) is 0 Å². The first-order chi connectivity index (χ1) is 19.3. The minimum atomic E-state index is -3.75. The molecule has 5 aromatic rings. The fraction of sp³-hybridized carbons (Fsp3) is 0.135. The van der Waals surface area contributed by atoms with E-state index in [0.717, 1.165) is 5.76 Å². The summed E-state index contributed by atoms with van der Waals surface area (Å²) in [6.45, 7) is 4.76. The number of fused-ring (bicyclic) bond motifs is 2. The molecule has 42 heavy (non-hydrogen) atoms. The molecule has 2 aliphatic rings. The van der Waals surface area contributed by atoms with Gasteiger partial charge in [0.1, 0.15) is 0 Å². The van der Waals surface area contributed by atoms with Crippen molar-refractivity contribution in [1.29, 1.82) is 0 Å². The van der Waals surface area contributed by atoms with E-state index in [1.54, 1.807) is 0 Å². The van der Waals surface area contributed by atoms with Crippen LogP contribution >= 0.6 is 24.8 Å². The normalized spacial score (nSPS) is 17.3. The summed E-state index contributed by atoms with van der Waals surface area (Å²) < 4.78 is 12.3. The van der Waals surface area contributed by atoms with Crippen LogP contribution in [0.15, 0.2) is 125 Å². The van der Waals surface area contributed by atoms with Gasteiger partial charge in [0.15, 0.2) is 0 Å². The molecule has 0 amide bonds. The Morgan fingerprint density at radius 1 is 0.595 bits per heavy atom. The van der Waals surface area contributed by atoms with Crippen molar-refractivity contribution in [2.45, 2.75) is 23.4 Å². The number of furan rings is 1. The van der Waals surface area contributed by atoms with Crippen LogP contribution in [0.25, 0.3) is 40.0 Å². The molecule has 4 aromatic carbocycles. The maximum absolute atomic E-state index is 6.15. The van der Waals surface area contributed by atoms with Crippen molar-refractivity contribution in [2.24, 2.45) is 0 Å². The molecule has 1 aromatic heterocycles. The van der Waals surface area contributed by atoms with E-state index in [0.29, 0.717) is 7.25 Å². The van der Waals surface area contributed by atoms with Crippen molar-refractivity contribution in [1.82, 2.24) is 0 Å². The fourth-order valence-corrected chi connectivity index (χ4v) is 27.6. The molecule has 0 bridgehead atoms. The van der Waals surface area contributed by atoms with Gasteiger partial charge in [0.2, 0.25) is 0 Å². The van der Waals surface area contributed by atoms with Gasteiger partial charge in [-0.15, -0.1) is 24.8 Å². The average Bonchev–Trinajstić information content (AvgIpc) is 3.70. The molecule has 5 heteroatoms. The largest absolute Gasteiger partial charge is 0.147 e. The summed E-state index contributed by atoms with van der Waals surface area (Å²) in [4.78, 5) is 0. The molecule has 1 nitrogen and oxygen atoms in total. The molecule has 0 spiro atoms. The molecule has 0 saturated heterocycles. The predicted molar refractivity (Wildman–Crippen MR) is 184 cm³/mol. The van der Waals surface area contributed by atoms with Crippen molar-refractivity contribution < 1.29 is 21.8 Å². The topological polar surface area (TPSA) is 13.1 Å². The van der Waals surface area contributed by atoms with Gasteiger partial charge in [-0.25, -0.2) is 0 Å². The Kier molecular flexibility index (Phi) is 8.38. The predicted octanol–water partition coefficient (Wildman–Crippen LogP) is 10.5. The molecular weight excluding hydrogens is 651 g/mol. The molecule has 0 fully saturated rings. The molecule has 212 valence electrons. The Balaban J connectivity index is 0.00000176. The summed E-state index contributed by atoms with van der Waals surface area (Å²) in [6.07, 6.45) is 6.76. The van der Waals surface area contributed by atoms with E-state index in [4.69, 9.17) is 4.42 Å².